The summed E-state index contributed by atoms with van der Waals surface area (Å²) in [4.78, 5) is 15.1. The fourth-order valence-electron chi connectivity index (χ4n) is 3.86. The highest BCUT2D eigenvalue weighted by molar-refractivity contribution is 7.88. The average Bonchev–Trinajstić information content (AvgIpc) is 2.67. The summed E-state index contributed by atoms with van der Waals surface area (Å²) < 4.78 is 30.3. The molecule has 1 N–H and O–H groups in total. The van der Waals surface area contributed by atoms with Crippen molar-refractivity contribution >= 4 is 15.9 Å². The van der Waals surface area contributed by atoms with Crippen molar-refractivity contribution in [1.82, 2.24) is 14.5 Å². The maximum absolute atomic E-state index is 13.2. The summed E-state index contributed by atoms with van der Waals surface area (Å²) in [6, 6.07) is 7.73. The first-order chi connectivity index (χ1) is 12.4. The zero-order chi connectivity index (χ0) is 18.7. The van der Waals surface area contributed by atoms with Gasteiger partial charge in [0.25, 0.3) is 0 Å². The van der Waals surface area contributed by atoms with E-state index in [-0.39, 0.29) is 17.9 Å². The first-order valence-corrected chi connectivity index (χ1v) is 10.9. The third-order valence-electron chi connectivity index (χ3n) is 5.30. The van der Waals surface area contributed by atoms with E-state index in [1.807, 2.05) is 29.2 Å². The molecule has 144 valence electrons. The van der Waals surface area contributed by atoms with Crippen molar-refractivity contribution in [1.29, 1.82) is 0 Å². The summed E-state index contributed by atoms with van der Waals surface area (Å²) in [7, 11) is -1.54. The van der Waals surface area contributed by atoms with E-state index < -0.39 is 10.0 Å². The molecule has 3 rings (SSSR count). The summed E-state index contributed by atoms with van der Waals surface area (Å²) in [5.41, 5.74) is 1.00. The van der Waals surface area contributed by atoms with Gasteiger partial charge in [-0.15, -0.1) is 0 Å². The monoisotopic (exact) mass is 381 g/mol. The van der Waals surface area contributed by atoms with Crippen LogP contribution >= 0.6 is 0 Å². The smallest absolute Gasteiger partial charge is 0.226 e. The molecule has 1 aromatic carbocycles. The predicted octanol–water partition coefficient (Wildman–Crippen LogP) is 0.840. The Kier molecular flexibility index (Phi) is 5.84. The summed E-state index contributed by atoms with van der Waals surface area (Å²) in [6.45, 7) is 2.93. The van der Waals surface area contributed by atoms with Gasteiger partial charge in [-0.2, -0.15) is 0 Å². The van der Waals surface area contributed by atoms with Gasteiger partial charge in [-0.05, 0) is 18.9 Å². The van der Waals surface area contributed by atoms with E-state index in [1.165, 1.54) is 10.6 Å². The number of amides is 1. The second-order valence-electron chi connectivity index (χ2n) is 6.93. The largest absolute Gasteiger partial charge is 0.496 e. The molecule has 0 spiro atoms. The molecule has 0 aromatic heterocycles. The molecule has 2 saturated heterocycles. The van der Waals surface area contributed by atoms with Gasteiger partial charge in [-0.25, -0.2) is 12.7 Å². The highest BCUT2D eigenvalue weighted by Gasteiger charge is 2.36. The van der Waals surface area contributed by atoms with Gasteiger partial charge in [-0.3, -0.25) is 4.79 Å². The lowest BCUT2D eigenvalue weighted by molar-refractivity contribution is -0.140. The predicted molar refractivity (Wildman–Crippen MR) is 99.5 cm³/mol. The minimum atomic E-state index is -3.18. The number of methoxy groups -OCH3 is 1. The Morgan fingerprint density at radius 1 is 1.19 bits per heavy atom. The lowest BCUT2D eigenvalue weighted by atomic mass is 9.93. The zero-order valence-corrected chi connectivity index (χ0v) is 16.2. The highest BCUT2D eigenvalue weighted by atomic mass is 32.2. The second-order valence-corrected chi connectivity index (χ2v) is 8.91. The van der Waals surface area contributed by atoms with E-state index in [0.717, 1.165) is 17.9 Å². The first kappa shape index (κ1) is 19.1. The number of rotatable bonds is 4. The molecule has 1 unspecified atom stereocenters. The molecule has 1 aromatic rings. The van der Waals surface area contributed by atoms with Gasteiger partial charge in [0.2, 0.25) is 15.9 Å². The number of para-hydroxylation sites is 1. The zero-order valence-electron chi connectivity index (χ0n) is 15.3. The summed E-state index contributed by atoms with van der Waals surface area (Å²) in [5.74, 6) is 0.782. The van der Waals surface area contributed by atoms with Crippen molar-refractivity contribution in [3.05, 3.63) is 29.8 Å². The van der Waals surface area contributed by atoms with Crippen LogP contribution in [0.25, 0.3) is 0 Å². The van der Waals surface area contributed by atoms with E-state index in [9.17, 15) is 13.2 Å². The molecule has 7 nitrogen and oxygen atoms in total. The number of piperazine rings is 1. The number of carbonyl (C=O) groups excluding carboxylic acids is 1. The maximum Gasteiger partial charge on any atom is 0.226 e. The number of benzene rings is 1. The topological polar surface area (TPSA) is 79.0 Å². The van der Waals surface area contributed by atoms with E-state index in [0.29, 0.717) is 39.0 Å². The molecule has 0 saturated carbocycles. The molecule has 2 heterocycles. The normalized spacial score (nSPS) is 23.0. The summed E-state index contributed by atoms with van der Waals surface area (Å²) >= 11 is 0. The fraction of sp³-hybridized carbons (Fsp3) is 0.611. The Morgan fingerprint density at radius 2 is 1.88 bits per heavy atom. The molecule has 0 aliphatic carbocycles. The van der Waals surface area contributed by atoms with Crippen LogP contribution in [0, 0.1) is 5.92 Å². The molecule has 0 bridgehead atoms. The van der Waals surface area contributed by atoms with Crippen LogP contribution in [-0.2, 0) is 14.8 Å². The fourth-order valence-corrected chi connectivity index (χ4v) is 4.73. The van der Waals surface area contributed by atoms with Crippen LogP contribution in [0.3, 0.4) is 0 Å². The van der Waals surface area contributed by atoms with Gasteiger partial charge in [0.15, 0.2) is 0 Å². The Labute approximate surface area is 155 Å². The van der Waals surface area contributed by atoms with Gasteiger partial charge < -0.3 is 15.0 Å². The van der Waals surface area contributed by atoms with Crippen LogP contribution in [-0.4, -0.2) is 69.6 Å². The van der Waals surface area contributed by atoms with Crippen LogP contribution in [0.1, 0.15) is 24.4 Å². The second kappa shape index (κ2) is 7.94. The van der Waals surface area contributed by atoms with E-state index in [2.05, 4.69) is 5.32 Å². The first-order valence-electron chi connectivity index (χ1n) is 9.01. The lowest BCUT2D eigenvalue weighted by Crippen LogP contribution is -2.52. The molecule has 2 aliphatic rings. The summed E-state index contributed by atoms with van der Waals surface area (Å²) in [6.07, 6.45) is 2.38. The van der Waals surface area contributed by atoms with Crippen molar-refractivity contribution in [2.75, 3.05) is 46.1 Å². The number of hydrogen-bond donors (Lipinski definition) is 1. The number of ether oxygens (including phenoxy) is 1. The van der Waals surface area contributed by atoms with Gasteiger partial charge >= 0.3 is 0 Å². The van der Waals surface area contributed by atoms with Gasteiger partial charge in [0.05, 0.1) is 19.4 Å². The SMILES string of the molecule is COc1ccccc1C1CNCCN1C(=O)C1CCN(S(C)(=O)=O)CC1. The van der Waals surface area contributed by atoms with E-state index in [4.69, 9.17) is 4.74 Å². The lowest BCUT2D eigenvalue weighted by Gasteiger charge is -2.40. The van der Waals surface area contributed by atoms with Crippen LogP contribution in [0.5, 0.6) is 5.75 Å². The Morgan fingerprint density at radius 3 is 2.54 bits per heavy atom. The van der Waals surface area contributed by atoms with Crippen LogP contribution in [0.15, 0.2) is 24.3 Å². The molecular formula is C18H27N3O4S. The molecule has 2 aliphatic heterocycles. The standard InChI is InChI=1S/C18H27N3O4S/c1-25-17-6-4-3-5-15(17)16-13-19-9-12-21(16)18(22)14-7-10-20(11-8-14)26(2,23)24/h3-6,14,16,19H,7-13H2,1-2H3. The van der Waals surface area contributed by atoms with Crippen molar-refractivity contribution < 1.29 is 17.9 Å². The molecule has 0 radical (unpaired) electrons. The Balaban J connectivity index is 1.75. The number of carbonyl (C=O) groups is 1. The van der Waals surface area contributed by atoms with Crippen molar-refractivity contribution in [3.8, 4) is 5.75 Å². The number of hydrogen-bond acceptors (Lipinski definition) is 5. The van der Waals surface area contributed by atoms with Crippen molar-refractivity contribution in [3.63, 3.8) is 0 Å². The molecule has 8 heteroatoms. The summed E-state index contributed by atoms with van der Waals surface area (Å²) in [5, 5.41) is 3.36. The quantitative estimate of drug-likeness (QED) is 0.836. The Bertz CT molecular complexity index is 745. The van der Waals surface area contributed by atoms with Gasteiger partial charge in [0, 0.05) is 44.2 Å². The van der Waals surface area contributed by atoms with Crippen molar-refractivity contribution in [2.45, 2.75) is 18.9 Å². The molecule has 26 heavy (non-hydrogen) atoms. The maximum atomic E-state index is 13.2. The number of nitrogens with one attached hydrogen (secondary N) is 1. The van der Waals surface area contributed by atoms with Gasteiger partial charge in [-0.1, -0.05) is 18.2 Å². The minimum absolute atomic E-state index is 0.0691. The average molecular weight is 381 g/mol. The molecule has 1 amide bonds. The van der Waals surface area contributed by atoms with Crippen LogP contribution < -0.4 is 10.1 Å². The number of sulfonamides is 1. The van der Waals surface area contributed by atoms with E-state index >= 15 is 0 Å². The van der Waals surface area contributed by atoms with E-state index in [1.54, 1.807) is 7.11 Å². The third kappa shape index (κ3) is 4.02. The molecular weight excluding hydrogens is 354 g/mol. The third-order valence-corrected chi connectivity index (χ3v) is 6.60. The molecule has 2 fully saturated rings. The minimum Gasteiger partial charge on any atom is -0.496 e. The van der Waals surface area contributed by atoms with Crippen LogP contribution in [0.2, 0.25) is 0 Å². The highest BCUT2D eigenvalue weighted by Crippen LogP contribution is 2.32. The molecule has 1 atom stereocenters. The number of piperidine rings is 1. The van der Waals surface area contributed by atoms with Gasteiger partial charge in [0.1, 0.15) is 5.75 Å². The Hall–Kier alpha value is -1.64. The van der Waals surface area contributed by atoms with Crippen molar-refractivity contribution in [2.24, 2.45) is 5.92 Å². The van der Waals surface area contributed by atoms with Crippen LogP contribution in [0.4, 0.5) is 0 Å². The number of nitrogens with zero attached hydrogens (tertiary/aromatic N) is 2.